The quantitative estimate of drug-likeness (QED) is 0.232. The Balaban J connectivity index is 1.23. The van der Waals surface area contributed by atoms with E-state index in [1.54, 1.807) is 10.9 Å². The fourth-order valence-corrected chi connectivity index (χ4v) is 7.86. The van der Waals surface area contributed by atoms with Gasteiger partial charge in [0, 0.05) is 23.3 Å². The number of carboxylic acid groups (broad SMARTS) is 1. The maximum absolute atomic E-state index is 13.6. The van der Waals surface area contributed by atoms with Crippen LogP contribution in [0.1, 0.15) is 15.4 Å². The average molecular weight is 591 g/mol. The van der Waals surface area contributed by atoms with Gasteiger partial charge in [0.2, 0.25) is 0 Å². The van der Waals surface area contributed by atoms with Crippen molar-refractivity contribution in [3.8, 4) is 16.9 Å². The first-order valence-electron chi connectivity index (χ1n) is 12.2. The topological polar surface area (TPSA) is 130 Å². The molecule has 2 aliphatic rings. The summed E-state index contributed by atoms with van der Waals surface area (Å²) >= 11 is 4.27. The van der Waals surface area contributed by atoms with Gasteiger partial charge in [-0.25, -0.2) is 9.48 Å². The van der Waals surface area contributed by atoms with E-state index in [0.717, 1.165) is 20.6 Å². The first kappa shape index (κ1) is 26.3. The minimum absolute atomic E-state index is 0.0187. The summed E-state index contributed by atoms with van der Waals surface area (Å²) in [5.41, 5.74) is 2.98. The van der Waals surface area contributed by atoms with Crippen LogP contribution in [-0.4, -0.2) is 70.7 Å². The highest BCUT2D eigenvalue weighted by molar-refractivity contribution is 8.01. The van der Waals surface area contributed by atoms with Crippen molar-refractivity contribution in [3.05, 3.63) is 88.7 Å². The molecule has 2 atom stereocenters. The smallest absolute Gasteiger partial charge is 0.352 e. The van der Waals surface area contributed by atoms with Crippen LogP contribution in [0.3, 0.4) is 0 Å². The number of hydrogen-bond acceptors (Lipinski definition) is 9. The molecule has 2 aromatic heterocycles. The third kappa shape index (κ3) is 4.91. The maximum Gasteiger partial charge on any atom is 0.352 e. The molecule has 0 spiro atoms. The van der Waals surface area contributed by atoms with E-state index in [9.17, 15) is 19.5 Å². The third-order valence-corrected chi connectivity index (χ3v) is 9.84. The summed E-state index contributed by atoms with van der Waals surface area (Å²) in [6.07, 6.45) is 1.65. The van der Waals surface area contributed by atoms with Gasteiger partial charge in [-0.1, -0.05) is 71.6 Å². The van der Waals surface area contributed by atoms with Gasteiger partial charge in [-0.05, 0) is 24.6 Å². The molecule has 0 saturated carbocycles. The van der Waals surface area contributed by atoms with E-state index in [4.69, 9.17) is 0 Å². The molecule has 2 aromatic carbocycles. The summed E-state index contributed by atoms with van der Waals surface area (Å²) in [5, 5.41) is 25.9. The zero-order chi connectivity index (χ0) is 27.8. The molecule has 202 valence electrons. The minimum Gasteiger partial charge on any atom is -0.477 e. The van der Waals surface area contributed by atoms with Crippen molar-refractivity contribution in [2.45, 2.75) is 22.7 Å². The number of nitrogens with one attached hydrogen (secondary N) is 1. The van der Waals surface area contributed by atoms with Crippen molar-refractivity contribution in [2.75, 3.05) is 11.5 Å². The molecular weight excluding hydrogens is 569 g/mol. The van der Waals surface area contributed by atoms with Crippen molar-refractivity contribution in [1.29, 1.82) is 0 Å². The van der Waals surface area contributed by atoms with E-state index < -0.39 is 29.2 Å². The molecule has 4 aromatic rings. The second-order valence-corrected chi connectivity index (χ2v) is 12.5. The number of aliphatic carboxylic acids is 1. The number of carboxylic acids is 1. The number of para-hydroxylation sites is 1. The number of nitrogens with zero attached hydrogens (tertiary/aromatic N) is 5. The molecule has 4 heterocycles. The van der Waals surface area contributed by atoms with Crippen molar-refractivity contribution in [2.24, 2.45) is 0 Å². The predicted molar refractivity (Wildman–Crippen MR) is 153 cm³/mol. The highest BCUT2D eigenvalue weighted by Gasteiger charge is 2.54. The van der Waals surface area contributed by atoms with Gasteiger partial charge in [-0.2, -0.15) is 5.10 Å². The van der Waals surface area contributed by atoms with Crippen molar-refractivity contribution < 1.29 is 19.5 Å². The Kier molecular flexibility index (Phi) is 7.17. The minimum atomic E-state index is -1.16. The molecule has 13 heteroatoms. The molecule has 0 radical (unpaired) electrons. The number of carbonyl (C=O) groups is 3. The molecule has 0 bridgehead atoms. The molecule has 2 amide bonds. The Morgan fingerprint density at radius 1 is 1.10 bits per heavy atom. The monoisotopic (exact) mass is 590 g/mol. The lowest BCUT2D eigenvalue weighted by Gasteiger charge is -2.49. The molecule has 1 saturated heterocycles. The molecule has 10 nitrogen and oxygen atoms in total. The maximum atomic E-state index is 13.6. The first-order valence-corrected chi connectivity index (χ1v) is 15.1. The van der Waals surface area contributed by atoms with Gasteiger partial charge in [0.15, 0.2) is 4.34 Å². The van der Waals surface area contributed by atoms with Crippen molar-refractivity contribution in [3.63, 3.8) is 0 Å². The summed E-state index contributed by atoms with van der Waals surface area (Å²) in [7, 11) is 0. The van der Waals surface area contributed by atoms with Gasteiger partial charge in [0.05, 0.1) is 11.3 Å². The second-order valence-electron chi connectivity index (χ2n) is 9.03. The Morgan fingerprint density at radius 2 is 1.82 bits per heavy atom. The molecule has 0 unspecified atom stereocenters. The van der Waals surface area contributed by atoms with Crippen LogP contribution in [0.15, 0.2) is 82.5 Å². The number of β-lactam (4-membered cyclic amide) rings is 1. The normalized spacial score (nSPS) is 18.3. The number of thioether (sulfide) groups is 2. The van der Waals surface area contributed by atoms with Crippen LogP contribution >= 0.6 is 34.9 Å². The molecular formula is C27H22N6O4S3. The van der Waals surface area contributed by atoms with E-state index in [0.29, 0.717) is 28.3 Å². The van der Waals surface area contributed by atoms with Gasteiger partial charge in [-0.3, -0.25) is 14.5 Å². The molecule has 6 rings (SSSR count). The van der Waals surface area contributed by atoms with Crippen LogP contribution in [0.4, 0.5) is 0 Å². The largest absolute Gasteiger partial charge is 0.477 e. The number of fused-ring (bicyclic) bond motifs is 1. The van der Waals surface area contributed by atoms with Crippen LogP contribution in [0.5, 0.6) is 0 Å². The van der Waals surface area contributed by atoms with E-state index in [-0.39, 0.29) is 5.70 Å². The standard InChI is InChI=1S/C27H22N6O4S3/c1-15-29-30-27(40-15)39-14-17-13-38-25-21(24(35)33(25)22(17)26(36)37)28-23(34)19-12-32(18-10-6-3-7-11-18)31-20(19)16-8-4-2-5-9-16/h2-12,21,25H,13-14H2,1H3,(H,28,34)(H,36,37)/t21-,25+/m1/s1. The van der Waals surface area contributed by atoms with Gasteiger partial charge in [0.25, 0.3) is 11.8 Å². The number of benzene rings is 2. The van der Waals surface area contributed by atoms with Gasteiger partial charge in [-0.15, -0.1) is 22.0 Å². The van der Waals surface area contributed by atoms with Crippen LogP contribution in [0.2, 0.25) is 0 Å². The van der Waals surface area contributed by atoms with Crippen LogP contribution in [0.25, 0.3) is 16.9 Å². The lowest BCUT2D eigenvalue weighted by atomic mass is 10.0. The zero-order valence-electron chi connectivity index (χ0n) is 21.1. The van der Waals surface area contributed by atoms with E-state index in [1.807, 2.05) is 67.6 Å². The molecule has 0 aliphatic carbocycles. The SMILES string of the molecule is Cc1nnc(SCC2=C(C(=O)O)N3C(=O)[C@@H](NC(=O)c4cn(-c5ccccc5)nc4-c4ccccc4)[C@@H]3SC2)s1. The van der Waals surface area contributed by atoms with Crippen LogP contribution < -0.4 is 5.32 Å². The Hall–Kier alpha value is -3.94. The van der Waals surface area contributed by atoms with Gasteiger partial charge < -0.3 is 10.4 Å². The number of aromatic nitrogens is 4. The first-order chi connectivity index (χ1) is 19.4. The van der Waals surface area contributed by atoms with Crippen LogP contribution in [-0.2, 0) is 9.59 Å². The predicted octanol–water partition coefficient (Wildman–Crippen LogP) is 3.84. The molecule has 2 aliphatic heterocycles. The number of rotatable bonds is 8. The second kappa shape index (κ2) is 10.9. The fraction of sp³-hybridized carbons (Fsp3) is 0.185. The van der Waals surface area contributed by atoms with E-state index in [1.165, 1.54) is 39.8 Å². The number of hydrogen-bond donors (Lipinski definition) is 2. The summed E-state index contributed by atoms with van der Waals surface area (Å²) in [6, 6.07) is 17.9. The lowest BCUT2D eigenvalue weighted by molar-refractivity contribution is -0.148. The molecule has 2 N–H and O–H groups in total. The summed E-state index contributed by atoms with van der Waals surface area (Å²) in [5.74, 6) is -1.25. The number of aryl methyl sites for hydroxylation is 1. The van der Waals surface area contributed by atoms with E-state index >= 15 is 0 Å². The molecule has 40 heavy (non-hydrogen) atoms. The zero-order valence-corrected chi connectivity index (χ0v) is 23.5. The van der Waals surface area contributed by atoms with E-state index in [2.05, 4.69) is 20.6 Å². The number of carbonyl (C=O) groups excluding carboxylic acids is 2. The number of amides is 2. The van der Waals surface area contributed by atoms with Gasteiger partial charge in [0.1, 0.15) is 27.8 Å². The van der Waals surface area contributed by atoms with Crippen molar-refractivity contribution in [1.82, 2.24) is 30.2 Å². The Labute approximate surface area is 241 Å². The highest BCUT2D eigenvalue weighted by Crippen LogP contribution is 2.42. The molecule has 1 fully saturated rings. The fourth-order valence-electron chi connectivity index (χ4n) is 4.56. The van der Waals surface area contributed by atoms with Gasteiger partial charge >= 0.3 is 5.97 Å². The van der Waals surface area contributed by atoms with Crippen molar-refractivity contribution >= 4 is 52.6 Å². The lowest BCUT2D eigenvalue weighted by Crippen LogP contribution is -2.70. The summed E-state index contributed by atoms with van der Waals surface area (Å²) in [4.78, 5) is 40.3. The average Bonchev–Trinajstić information content (AvgIpc) is 3.61. The summed E-state index contributed by atoms with van der Waals surface area (Å²) in [6.45, 7) is 1.85. The highest BCUT2D eigenvalue weighted by atomic mass is 32.2. The Bertz CT molecular complexity index is 1640. The Morgan fingerprint density at radius 3 is 2.50 bits per heavy atom. The third-order valence-electron chi connectivity index (χ3n) is 6.44. The van der Waals surface area contributed by atoms with Crippen LogP contribution in [0, 0.1) is 6.92 Å². The summed E-state index contributed by atoms with van der Waals surface area (Å²) < 4.78 is 2.38.